The topological polar surface area (TPSA) is 116 Å². The molecule has 0 radical (unpaired) electrons. The van der Waals surface area contributed by atoms with Gasteiger partial charge in [-0.2, -0.15) is 13.2 Å². The van der Waals surface area contributed by atoms with Gasteiger partial charge in [0.25, 0.3) is 11.8 Å². The van der Waals surface area contributed by atoms with E-state index in [0.29, 0.717) is 5.56 Å². The second kappa shape index (κ2) is 10.8. The number of aliphatic carboxylic acids is 1. The summed E-state index contributed by atoms with van der Waals surface area (Å²) in [6, 6.07) is 24.6. The number of guanidine groups is 1. The molecule has 1 aliphatic rings. The van der Waals surface area contributed by atoms with Crippen molar-refractivity contribution in [3.63, 3.8) is 0 Å². The highest BCUT2D eigenvalue weighted by atomic mass is 19.4. The molecule has 8 nitrogen and oxygen atoms in total. The Labute approximate surface area is 216 Å². The molecule has 0 spiro atoms. The van der Waals surface area contributed by atoms with Gasteiger partial charge in [-0.05, 0) is 40.5 Å². The van der Waals surface area contributed by atoms with Crippen LogP contribution < -0.4 is 5.73 Å². The van der Waals surface area contributed by atoms with Gasteiger partial charge in [-0.3, -0.25) is 14.5 Å². The molecule has 3 aromatic carbocycles. The number of benzene rings is 3. The molecule has 1 atom stereocenters. The summed E-state index contributed by atoms with van der Waals surface area (Å²) < 4.78 is 31.7. The lowest BCUT2D eigenvalue weighted by molar-refractivity contribution is -0.192. The number of nitrogens with two attached hydrogens (primary N) is 1. The molecule has 0 aliphatic carbocycles. The third-order valence-corrected chi connectivity index (χ3v) is 5.80. The van der Waals surface area contributed by atoms with Crippen molar-refractivity contribution in [2.75, 3.05) is 21.1 Å². The first kappa shape index (κ1) is 27.9. The summed E-state index contributed by atoms with van der Waals surface area (Å²) in [5, 5.41) is 7.12. The molecule has 3 N–H and O–H groups in total. The number of rotatable bonds is 4. The van der Waals surface area contributed by atoms with Crippen molar-refractivity contribution in [3.8, 4) is 11.1 Å². The van der Waals surface area contributed by atoms with E-state index in [1.807, 2.05) is 72.8 Å². The van der Waals surface area contributed by atoms with Crippen LogP contribution in [-0.4, -0.2) is 66.0 Å². The fraction of sp³-hybridized carbons (Fsp3) is 0.185. The second-order valence-corrected chi connectivity index (χ2v) is 8.57. The Balaban J connectivity index is 0.000000505. The van der Waals surface area contributed by atoms with Crippen LogP contribution in [0.25, 0.3) is 11.1 Å². The van der Waals surface area contributed by atoms with E-state index in [1.165, 1.54) is 4.90 Å². The number of carbonyl (C=O) groups excluding carboxylic acids is 2. The number of hydrogen-bond acceptors (Lipinski definition) is 5. The molecule has 1 aliphatic heterocycles. The van der Waals surface area contributed by atoms with E-state index in [0.717, 1.165) is 22.3 Å². The predicted octanol–water partition coefficient (Wildman–Crippen LogP) is 3.72. The van der Waals surface area contributed by atoms with E-state index in [2.05, 4.69) is 4.99 Å². The lowest BCUT2D eigenvalue weighted by Crippen LogP contribution is -2.41. The molecule has 0 saturated carbocycles. The van der Waals surface area contributed by atoms with E-state index in [9.17, 15) is 22.8 Å². The van der Waals surface area contributed by atoms with Gasteiger partial charge in [-0.1, -0.05) is 60.7 Å². The molecule has 0 bridgehead atoms. The number of aliphatic imine (C=N–C) groups is 1. The first-order chi connectivity index (χ1) is 17.8. The summed E-state index contributed by atoms with van der Waals surface area (Å²) in [6.45, 7) is 0. The van der Waals surface area contributed by atoms with Crippen molar-refractivity contribution in [3.05, 3.63) is 95.6 Å². The Bertz CT molecular complexity index is 1390. The van der Waals surface area contributed by atoms with Crippen LogP contribution in [-0.2, 0) is 15.1 Å². The minimum absolute atomic E-state index is 0.0660. The summed E-state index contributed by atoms with van der Waals surface area (Å²) in [5.41, 5.74) is 8.66. The van der Waals surface area contributed by atoms with E-state index in [1.54, 1.807) is 32.1 Å². The number of halogens is 3. The average Bonchev–Trinajstić information content (AvgIpc) is 3.13. The molecule has 1 heterocycles. The Kier molecular flexibility index (Phi) is 7.90. The largest absolute Gasteiger partial charge is 0.490 e. The van der Waals surface area contributed by atoms with Crippen molar-refractivity contribution in [1.82, 2.24) is 9.80 Å². The minimum Gasteiger partial charge on any atom is -0.475 e. The maximum atomic E-state index is 13.4. The molecule has 38 heavy (non-hydrogen) atoms. The van der Waals surface area contributed by atoms with E-state index in [4.69, 9.17) is 15.6 Å². The number of hydrogen-bond donors (Lipinski definition) is 2. The van der Waals surface area contributed by atoms with Crippen LogP contribution in [0.2, 0.25) is 0 Å². The molecule has 2 amide bonds. The summed E-state index contributed by atoms with van der Waals surface area (Å²) in [6.07, 6.45) is -5.08. The quantitative estimate of drug-likeness (QED) is 0.538. The Morgan fingerprint density at radius 3 is 1.95 bits per heavy atom. The molecule has 0 saturated heterocycles. The van der Waals surface area contributed by atoms with Crippen LogP contribution in [0.15, 0.2) is 83.9 Å². The van der Waals surface area contributed by atoms with Crippen molar-refractivity contribution < 1.29 is 32.7 Å². The molecular formula is C27H25F3N4O4. The summed E-state index contributed by atoms with van der Waals surface area (Å²) in [5.74, 6) is -2.85. The highest BCUT2D eigenvalue weighted by Crippen LogP contribution is 2.40. The third-order valence-electron chi connectivity index (χ3n) is 5.80. The SMILES string of the molecule is CN(C)C(=O)c1cccc(-c2cccc(C3(c4ccccc4)N=C(N)N(C)C3=O)c2)c1.O=C(O)C(F)(F)F. The zero-order valence-corrected chi connectivity index (χ0v) is 20.7. The molecule has 198 valence electrons. The zero-order chi connectivity index (χ0) is 28.3. The molecule has 1 unspecified atom stereocenters. The number of carboxylic acids is 1. The fourth-order valence-electron chi connectivity index (χ4n) is 3.88. The van der Waals surface area contributed by atoms with Gasteiger partial charge in [0.05, 0.1) is 0 Å². The van der Waals surface area contributed by atoms with Gasteiger partial charge < -0.3 is 15.7 Å². The number of carbonyl (C=O) groups is 3. The van der Waals surface area contributed by atoms with Crippen LogP contribution in [0, 0.1) is 0 Å². The summed E-state index contributed by atoms with van der Waals surface area (Å²) >= 11 is 0. The minimum atomic E-state index is -5.08. The lowest BCUT2D eigenvalue weighted by Gasteiger charge is -2.26. The second-order valence-electron chi connectivity index (χ2n) is 8.57. The summed E-state index contributed by atoms with van der Waals surface area (Å²) in [4.78, 5) is 42.2. The van der Waals surface area contributed by atoms with Gasteiger partial charge in [-0.25, -0.2) is 9.79 Å². The molecule has 11 heteroatoms. The van der Waals surface area contributed by atoms with Crippen LogP contribution in [0.1, 0.15) is 21.5 Å². The first-order valence-electron chi connectivity index (χ1n) is 11.2. The fourth-order valence-corrected chi connectivity index (χ4v) is 3.88. The van der Waals surface area contributed by atoms with Gasteiger partial charge in [0.1, 0.15) is 0 Å². The average molecular weight is 527 g/mol. The molecular weight excluding hydrogens is 501 g/mol. The third kappa shape index (κ3) is 5.51. The van der Waals surface area contributed by atoms with Gasteiger partial charge in [0.2, 0.25) is 0 Å². The van der Waals surface area contributed by atoms with Crippen molar-refractivity contribution >= 4 is 23.7 Å². The number of nitrogens with zero attached hydrogens (tertiary/aromatic N) is 3. The molecule has 4 rings (SSSR count). The van der Waals surface area contributed by atoms with Gasteiger partial charge in [-0.15, -0.1) is 0 Å². The molecule has 3 aromatic rings. The first-order valence-corrected chi connectivity index (χ1v) is 11.2. The number of alkyl halides is 3. The highest BCUT2D eigenvalue weighted by Gasteiger charge is 2.49. The van der Waals surface area contributed by atoms with Crippen LogP contribution in [0.3, 0.4) is 0 Å². The smallest absolute Gasteiger partial charge is 0.475 e. The van der Waals surface area contributed by atoms with E-state index in [-0.39, 0.29) is 17.8 Å². The lowest BCUT2D eigenvalue weighted by atomic mass is 9.81. The maximum Gasteiger partial charge on any atom is 0.490 e. The Morgan fingerprint density at radius 2 is 1.45 bits per heavy atom. The zero-order valence-electron chi connectivity index (χ0n) is 20.7. The van der Waals surface area contributed by atoms with Crippen molar-refractivity contribution in [2.24, 2.45) is 10.7 Å². The van der Waals surface area contributed by atoms with Crippen LogP contribution in [0.5, 0.6) is 0 Å². The van der Waals surface area contributed by atoms with Crippen LogP contribution >= 0.6 is 0 Å². The Morgan fingerprint density at radius 1 is 0.921 bits per heavy atom. The maximum absolute atomic E-state index is 13.4. The number of carboxylic acid groups (broad SMARTS) is 1. The van der Waals surface area contributed by atoms with Gasteiger partial charge in [0, 0.05) is 26.7 Å². The summed E-state index contributed by atoms with van der Waals surface area (Å²) in [7, 11) is 5.08. The predicted molar refractivity (Wildman–Crippen MR) is 135 cm³/mol. The Hall–Kier alpha value is -4.67. The van der Waals surface area contributed by atoms with Crippen molar-refractivity contribution in [1.29, 1.82) is 0 Å². The normalized spacial score (nSPS) is 16.8. The van der Waals surface area contributed by atoms with Crippen molar-refractivity contribution in [2.45, 2.75) is 11.7 Å². The van der Waals surface area contributed by atoms with E-state index < -0.39 is 17.7 Å². The van der Waals surface area contributed by atoms with Gasteiger partial charge >= 0.3 is 12.1 Å². The number of likely N-dealkylation sites (N-methyl/N-ethyl adjacent to an activating group) is 1. The van der Waals surface area contributed by atoms with Gasteiger partial charge in [0.15, 0.2) is 11.5 Å². The standard InChI is InChI=1S/C25H24N4O2.C2HF3O2/c1-28(2)22(30)19-11-7-9-17(15-19)18-10-8-14-21(16-18)25(20-12-5-4-6-13-20)23(31)29(3)24(26)27-25;3-2(4,5)1(6)7/h4-16H,1-3H3,(H2,26,27);(H,6,7). The molecule has 0 aromatic heterocycles. The molecule has 0 fully saturated rings. The monoisotopic (exact) mass is 526 g/mol. The highest BCUT2D eigenvalue weighted by molar-refractivity contribution is 6.09. The van der Waals surface area contributed by atoms with E-state index >= 15 is 0 Å². The number of amides is 2. The van der Waals surface area contributed by atoms with Crippen LogP contribution in [0.4, 0.5) is 13.2 Å².